The molecule has 1 aliphatic carbocycles. The molecule has 0 bridgehead atoms. The molecule has 1 N–H and O–H groups in total. The first-order valence-corrected chi connectivity index (χ1v) is 12.6. The van der Waals surface area contributed by atoms with E-state index in [0.717, 1.165) is 54.2 Å². The Morgan fingerprint density at radius 3 is 2.66 bits per heavy atom. The monoisotopic (exact) mass is 472 g/mol. The second-order valence-corrected chi connectivity index (χ2v) is 10.2. The van der Waals surface area contributed by atoms with Crippen LogP contribution in [0, 0.1) is 11.8 Å². The number of halogens is 1. The predicted octanol–water partition coefficient (Wildman–Crippen LogP) is 4.90. The average Bonchev–Trinajstić information content (AvgIpc) is 3.49. The topological polar surface area (TPSA) is 61.6 Å². The Labute approximate surface area is 197 Å². The van der Waals surface area contributed by atoms with Crippen LogP contribution in [0.4, 0.5) is 5.82 Å². The van der Waals surface area contributed by atoms with Gasteiger partial charge in [-0.2, -0.15) is 4.37 Å². The smallest absolute Gasteiger partial charge is 0.286 e. The van der Waals surface area contributed by atoms with Gasteiger partial charge in [0.15, 0.2) is 5.76 Å². The molecule has 2 aromatic heterocycles. The summed E-state index contributed by atoms with van der Waals surface area (Å²) < 4.78 is 11.0. The number of fused-ring (bicyclic) bond motifs is 1. The van der Waals surface area contributed by atoms with Crippen LogP contribution in [0.15, 0.2) is 41.0 Å². The fourth-order valence-electron chi connectivity index (χ4n) is 4.98. The van der Waals surface area contributed by atoms with Gasteiger partial charge in [0.25, 0.3) is 5.91 Å². The molecule has 5 rings (SSSR count). The highest BCUT2D eigenvalue weighted by Gasteiger charge is 2.26. The summed E-state index contributed by atoms with van der Waals surface area (Å²) in [5, 5.41) is 5.01. The molecule has 2 fully saturated rings. The quantitative estimate of drug-likeness (QED) is 0.552. The minimum absolute atomic E-state index is 0.106. The van der Waals surface area contributed by atoms with Crippen molar-refractivity contribution in [1.29, 1.82) is 0 Å². The molecule has 2 aliphatic rings. The van der Waals surface area contributed by atoms with E-state index < -0.39 is 0 Å². The second kappa shape index (κ2) is 9.81. The number of piperazine rings is 1. The fraction of sp³-hybridized carbons (Fsp3) is 0.500. The van der Waals surface area contributed by atoms with Crippen molar-refractivity contribution in [2.75, 3.05) is 44.2 Å². The number of nitrogens with one attached hydrogen (secondary N) is 1. The van der Waals surface area contributed by atoms with Crippen molar-refractivity contribution in [1.82, 2.24) is 14.6 Å². The number of rotatable bonds is 6. The summed E-state index contributed by atoms with van der Waals surface area (Å²) in [7, 11) is 0. The normalized spacial score (nSPS) is 22.3. The van der Waals surface area contributed by atoms with Crippen LogP contribution >= 0.6 is 23.1 Å². The second-order valence-electron chi connectivity index (χ2n) is 9.01. The number of amides is 1. The number of carbonyl (C=O) groups is 1. The van der Waals surface area contributed by atoms with E-state index in [1.54, 1.807) is 12.1 Å². The molecule has 0 unspecified atom stereocenters. The van der Waals surface area contributed by atoms with Crippen molar-refractivity contribution in [2.45, 2.75) is 25.7 Å². The molecule has 1 amide bonds. The zero-order valence-electron chi connectivity index (χ0n) is 18.1. The van der Waals surface area contributed by atoms with Gasteiger partial charge in [-0.15, -0.1) is 0 Å². The van der Waals surface area contributed by atoms with Crippen LogP contribution in [-0.2, 0) is 0 Å². The standard InChI is InChI=1S/C24H29ClN4O2S/c25-19-7-8-20-22(14-19)32-27-23(20)29-11-9-28(10-12-29)16-18-5-3-17(4-6-18)15-26-24(30)21-2-1-13-31-21/h1-2,7-8,13-14,17-18H,3-6,9-12,15-16H2,(H,26,30). The van der Waals surface area contributed by atoms with Gasteiger partial charge in [-0.1, -0.05) is 11.6 Å². The molecular weight excluding hydrogens is 444 g/mol. The first-order chi connectivity index (χ1) is 15.7. The molecule has 170 valence electrons. The maximum absolute atomic E-state index is 12.0. The molecule has 1 saturated heterocycles. The van der Waals surface area contributed by atoms with Gasteiger partial charge < -0.3 is 14.6 Å². The molecule has 1 aliphatic heterocycles. The molecule has 0 spiro atoms. The highest BCUT2D eigenvalue weighted by atomic mass is 35.5. The Balaban J connectivity index is 1.05. The molecule has 1 aromatic carbocycles. The third-order valence-corrected chi connectivity index (χ3v) is 7.90. The summed E-state index contributed by atoms with van der Waals surface area (Å²) in [5.41, 5.74) is 0. The summed E-state index contributed by atoms with van der Waals surface area (Å²) in [6, 6.07) is 9.51. The summed E-state index contributed by atoms with van der Waals surface area (Å²) in [6.45, 7) is 6.16. The maximum atomic E-state index is 12.0. The molecule has 0 radical (unpaired) electrons. The lowest BCUT2D eigenvalue weighted by Crippen LogP contribution is -2.48. The van der Waals surface area contributed by atoms with E-state index >= 15 is 0 Å². The van der Waals surface area contributed by atoms with Crippen LogP contribution in [0.3, 0.4) is 0 Å². The van der Waals surface area contributed by atoms with Crippen LogP contribution < -0.4 is 10.2 Å². The van der Waals surface area contributed by atoms with Gasteiger partial charge in [-0.25, -0.2) is 0 Å². The Hall–Kier alpha value is -2.09. The number of carbonyl (C=O) groups excluding carboxylic acids is 1. The van der Waals surface area contributed by atoms with Crippen molar-refractivity contribution in [3.8, 4) is 0 Å². The van der Waals surface area contributed by atoms with Crippen molar-refractivity contribution >= 4 is 44.9 Å². The van der Waals surface area contributed by atoms with Gasteiger partial charge in [-0.3, -0.25) is 9.69 Å². The van der Waals surface area contributed by atoms with Crippen molar-refractivity contribution in [3.63, 3.8) is 0 Å². The fourth-order valence-corrected chi connectivity index (χ4v) is 6.06. The highest BCUT2D eigenvalue weighted by Crippen LogP contribution is 2.33. The third kappa shape index (κ3) is 4.95. The number of hydrogen-bond donors (Lipinski definition) is 1. The molecule has 0 atom stereocenters. The van der Waals surface area contributed by atoms with Gasteiger partial charge in [0.2, 0.25) is 0 Å². The summed E-state index contributed by atoms with van der Waals surface area (Å²) in [5.74, 6) is 2.74. The number of hydrogen-bond acceptors (Lipinski definition) is 6. The number of furan rings is 1. The lowest BCUT2D eigenvalue weighted by atomic mass is 9.81. The molecule has 3 heterocycles. The van der Waals surface area contributed by atoms with Crippen LogP contribution in [0.25, 0.3) is 10.1 Å². The van der Waals surface area contributed by atoms with Gasteiger partial charge in [0.05, 0.1) is 11.0 Å². The number of nitrogens with zero attached hydrogens (tertiary/aromatic N) is 3. The van der Waals surface area contributed by atoms with Gasteiger partial charge in [0.1, 0.15) is 5.82 Å². The Morgan fingerprint density at radius 1 is 1.12 bits per heavy atom. The molecule has 8 heteroatoms. The summed E-state index contributed by atoms with van der Waals surface area (Å²) >= 11 is 7.66. The first kappa shape index (κ1) is 21.7. The molecule has 32 heavy (non-hydrogen) atoms. The lowest BCUT2D eigenvalue weighted by Gasteiger charge is -2.38. The largest absolute Gasteiger partial charge is 0.459 e. The van der Waals surface area contributed by atoms with Crippen molar-refractivity contribution in [2.24, 2.45) is 11.8 Å². The molecule has 3 aromatic rings. The zero-order chi connectivity index (χ0) is 21.9. The Kier molecular flexibility index (Phi) is 6.67. The van der Waals surface area contributed by atoms with Crippen LogP contribution in [-0.4, -0.2) is 54.4 Å². The van der Waals surface area contributed by atoms with Gasteiger partial charge in [0, 0.05) is 49.7 Å². The van der Waals surface area contributed by atoms with E-state index in [4.69, 9.17) is 20.4 Å². The van der Waals surface area contributed by atoms with Crippen LogP contribution in [0.2, 0.25) is 5.02 Å². The predicted molar refractivity (Wildman–Crippen MR) is 130 cm³/mol. The van der Waals surface area contributed by atoms with Gasteiger partial charge in [-0.05, 0) is 79.4 Å². The van der Waals surface area contributed by atoms with E-state index in [2.05, 4.69) is 21.2 Å². The highest BCUT2D eigenvalue weighted by molar-refractivity contribution is 7.13. The van der Waals surface area contributed by atoms with E-state index in [1.807, 2.05) is 12.1 Å². The molecular formula is C24H29ClN4O2S. The first-order valence-electron chi connectivity index (χ1n) is 11.5. The minimum atomic E-state index is -0.106. The number of anilines is 1. The van der Waals surface area contributed by atoms with E-state index in [0.29, 0.717) is 11.7 Å². The summed E-state index contributed by atoms with van der Waals surface area (Å²) in [4.78, 5) is 17.1. The van der Waals surface area contributed by atoms with Gasteiger partial charge >= 0.3 is 0 Å². The Morgan fingerprint density at radius 2 is 1.91 bits per heavy atom. The lowest BCUT2D eigenvalue weighted by molar-refractivity contribution is 0.0911. The third-order valence-electron chi connectivity index (χ3n) is 6.87. The zero-order valence-corrected chi connectivity index (χ0v) is 19.7. The van der Waals surface area contributed by atoms with Crippen LogP contribution in [0.5, 0.6) is 0 Å². The number of aromatic nitrogens is 1. The van der Waals surface area contributed by atoms with Crippen LogP contribution in [0.1, 0.15) is 36.2 Å². The summed E-state index contributed by atoms with van der Waals surface area (Å²) in [6.07, 6.45) is 6.42. The maximum Gasteiger partial charge on any atom is 0.286 e. The number of benzene rings is 1. The molecule has 6 nitrogen and oxygen atoms in total. The Bertz CT molecular complexity index is 1040. The van der Waals surface area contributed by atoms with E-state index in [1.165, 1.54) is 55.4 Å². The van der Waals surface area contributed by atoms with E-state index in [9.17, 15) is 4.79 Å². The average molecular weight is 473 g/mol. The van der Waals surface area contributed by atoms with Crippen molar-refractivity contribution < 1.29 is 9.21 Å². The molecule has 1 saturated carbocycles. The minimum Gasteiger partial charge on any atom is -0.459 e. The van der Waals surface area contributed by atoms with E-state index in [-0.39, 0.29) is 5.91 Å². The SMILES string of the molecule is O=C(NCC1CCC(CN2CCN(c3nsc4cc(Cl)ccc34)CC2)CC1)c1ccco1. The van der Waals surface area contributed by atoms with Crippen molar-refractivity contribution in [3.05, 3.63) is 47.4 Å².